The number of amides is 1. The molecule has 0 saturated heterocycles. The molecule has 4 rings (SSSR count). The maximum Gasteiger partial charge on any atom is 0.251 e. The lowest BCUT2D eigenvalue weighted by Gasteiger charge is -2.40. The van der Waals surface area contributed by atoms with Crippen molar-refractivity contribution < 1.29 is 9.59 Å². The number of nitriles is 1. The number of Topliss-reactive ketones (excluding diaryl/α,β-unsaturated/α-hetero) is 1. The predicted molar refractivity (Wildman–Crippen MR) is 134 cm³/mol. The van der Waals surface area contributed by atoms with Gasteiger partial charge in [0, 0.05) is 36.3 Å². The Morgan fingerprint density at radius 2 is 1.85 bits per heavy atom. The fourth-order valence-corrected chi connectivity index (χ4v) is 5.28. The Balaban J connectivity index is 1.42. The van der Waals surface area contributed by atoms with E-state index in [4.69, 9.17) is 5.26 Å². The van der Waals surface area contributed by atoms with Crippen LogP contribution in [0.1, 0.15) is 78.1 Å². The van der Waals surface area contributed by atoms with Crippen molar-refractivity contribution in [3.05, 3.63) is 76.9 Å². The van der Waals surface area contributed by atoms with Gasteiger partial charge in [-0.25, -0.2) is 0 Å². The molecular weight excluding hydrogens is 422 g/mol. The first-order valence-electron chi connectivity index (χ1n) is 12.3. The van der Waals surface area contributed by atoms with E-state index in [1.165, 1.54) is 24.5 Å². The topological polar surface area (TPSA) is 73.2 Å². The van der Waals surface area contributed by atoms with Gasteiger partial charge in [-0.15, -0.1) is 0 Å². The first kappa shape index (κ1) is 23.9. The third-order valence-electron chi connectivity index (χ3n) is 7.41. The maximum absolute atomic E-state index is 13.2. The molecule has 1 heterocycles. The second kappa shape index (κ2) is 10.4. The van der Waals surface area contributed by atoms with Crippen molar-refractivity contribution in [1.29, 1.82) is 5.26 Å². The highest BCUT2D eigenvalue weighted by Gasteiger charge is 2.34. The fraction of sp³-hybridized carbons (Fsp3) is 0.414. The zero-order valence-corrected chi connectivity index (χ0v) is 20.0. The summed E-state index contributed by atoms with van der Waals surface area (Å²) in [5, 5.41) is 12.5. The third kappa shape index (κ3) is 5.46. The quantitative estimate of drug-likeness (QED) is 0.469. The molecule has 34 heavy (non-hydrogen) atoms. The molecular formula is C29H33N3O2. The maximum atomic E-state index is 13.2. The van der Waals surface area contributed by atoms with E-state index >= 15 is 0 Å². The summed E-state index contributed by atoms with van der Waals surface area (Å²) in [4.78, 5) is 27.5. The van der Waals surface area contributed by atoms with E-state index in [1.807, 2.05) is 18.2 Å². The Morgan fingerprint density at radius 3 is 2.59 bits per heavy atom. The van der Waals surface area contributed by atoms with E-state index in [0.29, 0.717) is 16.7 Å². The molecule has 1 saturated carbocycles. The van der Waals surface area contributed by atoms with Crippen LogP contribution in [-0.4, -0.2) is 35.2 Å². The van der Waals surface area contributed by atoms with Crippen LogP contribution in [0.3, 0.4) is 0 Å². The van der Waals surface area contributed by atoms with Crippen molar-refractivity contribution in [1.82, 2.24) is 10.2 Å². The molecule has 5 heteroatoms. The Bertz CT molecular complexity index is 1140. The molecule has 0 radical (unpaired) electrons. The van der Waals surface area contributed by atoms with Gasteiger partial charge in [0.05, 0.1) is 11.6 Å². The second-order valence-electron chi connectivity index (χ2n) is 9.78. The molecule has 1 fully saturated rings. The molecule has 2 aliphatic rings. The van der Waals surface area contributed by atoms with E-state index < -0.39 is 0 Å². The second-order valence-corrected chi connectivity index (χ2v) is 9.78. The number of hydrogen-bond donors (Lipinski definition) is 1. The van der Waals surface area contributed by atoms with Crippen LogP contribution in [0.15, 0.2) is 49.0 Å². The van der Waals surface area contributed by atoms with Crippen LogP contribution in [0, 0.1) is 11.3 Å². The van der Waals surface area contributed by atoms with Gasteiger partial charge < -0.3 is 5.32 Å². The number of carbonyl (C=O) groups is 2. The highest BCUT2D eigenvalue weighted by Crippen LogP contribution is 2.33. The van der Waals surface area contributed by atoms with Gasteiger partial charge in [-0.05, 0) is 67.5 Å². The molecule has 1 N–H and O–H groups in total. The summed E-state index contributed by atoms with van der Waals surface area (Å²) in [6.07, 6.45) is 7.26. The highest BCUT2D eigenvalue weighted by molar-refractivity contribution is 6.19. The average molecular weight is 456 g/mol. The monoisotopic (exact) mass is 455 g/mol. The summed E-state index contributed by atoms with van der Waals surface area (Å²) in [6, 6.07) is 15.4. The minimum absolute atomic E-state index is 0.0224. The van der Waals surface area contributed by atoms with E-state index in [-0.39, 0.29) is 17.2 Å². The molecule has 2 aromatic carbocycles. The van der Waals surface area contributed by atoms with Crippen molar-refractivity contribution in [3.8, 4) is 6.07 Å². The lowest BCUT2D eigenvalue weighted by molar-refractivity contribution is -0.118. The normalized spacial score (nSPS) is 17.3. The molecule has 0 atom stereocenters. The van der Waals surface area contributed by atoms with Crippen LogP contribution in [0.25, 0.3) is 5.57 Å². The van der Waals surface area contributed by atoms with Crippen LogP contribution in [0.4, 0.5) is 0 Å². The molecule has 0 bridgehead atoms. The third-order valence-corrected chi connectivity index (χ3v) is 7.41. The zero-order chi connectivity index (χ0) is 24.1. The molecule has 1 aliphatic carbocycles. The molecule has 1 amide bonds. The van der Waals surface area contributed by atoms with E-state index in [2.05, 4.69) is 28.9 Å². The van der Waals surface area contributed by atoms with Crippen LogP contribution in [0.5, 0.6) is 0 Å². The largest absolute Gasteiger partial charge is 0.347 e. The fourth-order valence-electron chi connectivity index (χ4n) is 5.28. The number of carbonyl (C=O) groups excluding carboxylic acids is 2. The molecule has 0 spiro atoms. The summed E-state index contributed by atoms with van der Waals surface area (Å²) in [7, 11) is 0. The van der Waals surface area contributed by atoms with Crippen molar-refractivity contribution in [2.45, 2.75) is 64.0 Å². The lowest BCUT2D eigenvalue weighted by Crippen LogP contribution is -2.51. The van der Waals surface area contributed by atoms with Gasteiger partial charge in [0.2, 0.25) is 0 Å². The zero-order valence-electron chi connectivity index (χ0n) is 20.0. The summed E-state index contributed by atoms with van der Waals surface area (Å²) >= 11 is 0. The number of benzene rings is 2. The van der Waals surface area contributed by atoms with Crippen LogP contribution in [-0.2, 0) is 17.8 Å². The molecule has 2 aromatic rings. The number of nitrogens with one attached hydrogen (secondary N) is 1. The van der Waals surface area contributed by atoms with Crippen molar-refractivity contribution >= 4 is 17.3 Å². The van der Waals surface area contributed by atoms with Crippen molar-refractivity contribution in [2.24, 2.45) is 0 Å². The molecule has 5 nitrogen and oxygen atoms in total. The van der Waals surface area contributed by atoms with E-state index in [0.717, 1.165) is 63.7 Å². The van der Waals surface area contributed by atoms with Gasteiger partial charge in [0.25, 0.3) is 5.91 Å². The minimum atomic E-state index is -0.221. The Morgan fingerprint density at radius 1 is 1.09 bits per heavy atom. The van der Waals surface area contributed by atoms with E-state index in [9.17, 15) is 9.59 Å². The van der Waals surface area contributed by atoms with Gasteiger partial charge in [0.15, 0.2) is 5.78 Å². The first-order valence-corrected chi connectivity index (χ1v) is 12.3. The van der Waals surface area contributed by atoms with Gasteiger partial charge in [-0.1, -0.05) is 50.1 Å². The first-order chi connectivity index (χ1) is 16.4. The van der Waals surface area contributed by atoms with Crippen molar-refractivity contribution in [2.75, 3.05) is 13.1 Å². The summed E-state index contributed by atoms with van der Waals surface area (Å²) in [5.41, 5.74) is 4.78. The number of nitrogens with zero attached hydrogens (tertiary/aromatic N) is 2. The number of rotatable bonds is 7. The van der Waals surface area contributed by atoms with Crippen LogP contribution in [0.2, 0.25) is 0 Å². The molecule has 1 aliphatic heterocycles. The Labute approximate surface area is 202 Å². The average Bonchev–Trinajstić information content (AvgIpc) is 2.87. The van der Waals surface area contributed by atoms with Crippen molar-refractivity contribution in [3.63, 3.8) is 0 Å². The molecule has 0 aromatic heterocycles. The Hall–Kier alpha value is -3.23. The summed E-state index contributed by atoms with van der Waals surface area (Å²) in [6.45, 7) is 8.36. The number of hydrogen-bond acceptors (Lipinski definition) is 4. The molecule has 176 valence electrons. The summed E-state index contributed by atoms with van der Waals surface area (Å²) in [5.74, 6) is -0.165. The van der Waals surface area contributed by atoms with Gasteiger partial charge in [-0.2, -0.15) is 5.26 Å². The number of fused-ring (bicyclic) bond motifs is 1. The van der Waals surface area contributed by atoms with E-state index in [1.54, 1.807) is 18.2 Å². The number of ketones is 1. The Kier molecular flexibility index (Phi) is 7.29. The standard InChI is InChI=1S/C29H33N3O2/c1-21(24-7-6-8-25(18-24)22(2)33)28(34)31-29(12-4-3-5-13-29)14-16-32-15-11-26-17-23(19-30)9-10-27(26)20-32/h6-10,17-18H,1,3-5,11-16,20H2,2H3,(H,31,34). The molecule has 0 unspecified atom stereocenters. The van der Waals surface area contributed by atoms with Crippen LogP contribution >= 0.6 is 0 Å². The van der Waals surface area contributed by atoms with Gasteiger partial charge in [0.1, 0.15) is 0 Å². The van der Waals surface area contributed by atoms with Crippen LogP contribution < -0.4 is 5.32 Å². The SMILES string of the molecule is C=C(C(=O)NC1(CCN2CCc3cc(C#N)ccc3C2)CCCCC1)c1cccc(C(C)=O)c1. The minimum Gasteiger partial charge on any atom is -0.347 e. The summed E-state index contributed by atoms with van der Waals surface area (Å²) < 4.78 is 0. The van der Waals surface area contributed by atoms with Gasteiger partial charge >= 0.3 is 0 Å². The smallest absolute Gasteiger partial charge is 0.251 e. The lowest BCUT2D eigenvalue weighted by atomic mass is 9.78. The highest BCUT2D eigenvalue weighted by atomic mass is 16.2. The van der Waals surface area contributed by atoms with Gasteiger partial charge in [-0.3, -0.25) is 14.5 Å². The predicted octanol–water partition coefficient (Wildman–Crippen LogP) is 5.04.